The van der Waals surface area contributed by atoms with Gasteiger partial charge in [0.1, 0.15) is 0 Å². The second kappa shape index (κ2) is 9.10. The number of carbonyl (C=O) groups excluding carboxylic acids is 2. The summed E-state index contributed by atoms with van der Waals surface area (Å²) in [6, 6.07) is 24.7. The van der Waals surface area contributed by atoms with E-state index >= 15 is 0 Å². The maximum atomic E-state index is 12.5. The highest BCUT2D eigenvalue weighted by atomic mass is 32.2. The highest BCUT2D eigenvalue weighted by Crippen LogP contribution is 2.30. The van der Waals surface area contributed by atoms with E-state index in [1.807, 2.05) is 99.6 Å². The molecule has 1 amide bonds. The molecule has 4 heteroatoms. The van der Waals surface area contributed by atoms with Crippen LogP contribution in [0, 0.1) is 5.41 Å². The Morgan fingerprint density at radius 3 is 1.86 bits per heavy atom. The van der Waals surface area contributed by atoms with Crippen LogP contribution in [0.4, 0.5) is 5.69 Å². The Kier molecular flexibility index (Phi) is 6.55. The first-order chi connectivity index (χ1) is 13.9. The molecule has 0 saturated carbocycles. The highest BCUT2D eigenvalue weighted by molar-refractivity contribution is 7.99. The van der Waals surface area contributed by atoms with Crippen molar-refractivity contribution in [1.29, 1.82) is 0 Å². The van der Waals surface area contributed by atoms with E-state index in [-0.39, 0.29) is 17.1 Å². The molecule has 0 unspecified atom stereocenters. The Balaban J connectivity index is 1.63. The minimum Gasteiger partial charge on any atom is -0.326 e. The van der Waals surface area contributed by atoms with E-state index in [1.165, 1.54) is 0 Å². The van der Waals surface area contributed by atoms with Crippen molar-refractivity contribution >= 4 is 29.1 Å². The fourth-order valence-electron chi connectivity index (χ4n) is 2.63. The van der Waals surface area contributed by atoms with Crippen LogP contribution in [0.25, 0.3) is 0 Å². The lowest BCUT2D eigenvalue weighted by Crippen LogP contribution is -2.29. The largest absolute Gasteiger partial charge is 0.326 e. The summed E-state index contributed by atoms with van der Waals surface area (Å²) in [5.74, 6) is 0.0522. The van der Waals surface area contributed by atoms with Gasteiger partial charge in [0.05, 0.1) is 0 Å². The molecule has 0 fully saturated rings. The van der Waals surface area contributed by atoms with Gasteiger partial charge in [-0.3, -0.25) is 9.59 Å². The van der Waals surface area contributed by atoms with Crippen LogP contribution in [0.15, 0.2) is 88.7 Å². The van der Waals surface area contributed by atoms with Crippen molar-refractivity contribution in [2.45, 2.75) is 37.0 Å². The Morgan fingerprint density at radius 2 is 1.31 bits per heavy atom. The van der Waals surface area contributed by atoms with Gasteiger partial charge >= 0.3 is 0 Å². The van der Waals surface area contributed by atoms with Gasteiger partial charge in [-0.05, 0) is 55.0 Å². The van der Waals surface area contributed by atoms with Gasteiger partial charge in [0, 0.05) is 32.0 Å². The molecule has 0 aliphatic heterocycles. The third-order valence-corrected chi connectivity index (χ3v) is 6.01. The monoisotopic (exact) mass is 403 g/mol. The predicted molar refractivity (Wildman–Crippen MR) is 120 cm³/mol. The fraction of sp³-hybridized carbons (Fsp3) is 0.200. The van der Waals surface area contributed by atoms with Crippen molar-refractivity contribution < 1.29 is 9.59 Å². The number of rotatable bonds is 7. The zero-order valence-electron chi connectivity index (χ0n) is 16.9. The third kappa shape index (κ3) is 5.36. The molecule has 1 N–H and O–H groups in total. The number of benzene rings is 3. The molecule has 0 saturated heterocycles. The van der Waals surface area contributed by atoms with E-state index < -0.39 is 0 Å². The lowest BCUT2D eigenvalue weighted by Gasteiger charge is -2.21. The molecule has 29 heavy (non-hydrogen) atoms. The Bertz CT molecular complexity index is 978. The number of ketones is 1. The van der Waals surface area contributed by atoms with Crippen molar-refractivity contribution in [3.63, 3.8) is 0 Å². The van der Waals surface area contributed by atoms with E-state index in [0.717, 1.165) is 21.9 Å². The summed E-state index contributed by atoms with van der Waals surface area (Å²) in [5, 5.41) is 2.97. The van der Waals surface area contributed by atoms with Crippen LogP contribution in [0.2, 0.25) is 0 Å². The number of nitrogens with one attached hydrogen (secondary N) is 1. The normalized spacial score (nSPS) is 11.1. The van der Waals surface area contributed by atoms with E-state index in [1.54, 1.807) is 11.8 Å². The maximum absolute atomic E-state index is 12.5. The van der Waals surface area contributed by atoms with Gasteiger partial charge in [0.25, 0.3) is 0 Å². The lowest BCUT2D eigenvalue weighted by molar-refractivity contribution is -0.124. The first-order valence-corrected chi connectivity index (χ1v) is 10.5. The van der Waals surface area contributed by atoms with Crippen molar-refractivity contribution in [2.75, 3.05) is 5.32 Å². The molecular formula is C25H25NO2S. The molecule has 3 nitrogen and oxygen atoms in total. The fourth-order valence-corrected chi connectivity index (χ4v) is 3.45. The first kappa shape index (κ1) is 20.9. The summed E-state index contributed by atoms with van der Waals surface area (Å²) >= 11 is 1.62. The molecule has 0 radical (unpaired) electrons. The minimum absolute atomic E-state index is 0.0252. The molecule has 0 atom stereocenters. The smallest absolute Gasteiger partial charge is 0.230 e. The molecular weight excluding hydrogens is 378 g/mol. The van der Waals surface area contributed by atoms with Crippen LogP contribution in [-0.4, -0.2) is 11.7 Å². The minimum atomic E-state index is -0.383. The lowest BCUT2D eigenvalue weighted by atomic mass is 9.89. The van der Waals surface area contributed by atoms with Crippen molar-refractivity contribution in [1.82, 2.24) is 0 Å². The van der Waals surface area contributed by atoms with Crippen molar-refractivity contribution in [3.8, 4) is 0 Å². The summed E-state index contributed by atoms with van der Waals surface area (Å²) in [5.41, 5.74) is 1.78. The summed E-state index contributed by atoms with van der Waals surface area (Å²) < 4.78 is 0. The molecule has 3 rings (SSSR count). The quantitative estimate of drug-likeness (QED) is 0.462. The Hall–Kier alpha value is -2.85. The van der Waals surface area contributed by atoms with Crippen LogP contribution in [0.1, 0.15) is 43.1 Å². The standard InChI is InChI=1S/C25H25NO2S/c1-4-25(2,3)24(28)26-20-12-16-22(17-13-20)29-21-14-10-19(11-15-21)23(27)18-8-6-5-7-9-18/h5-17H,4H2,1-3H3,(H,26,28). The van der Waals surface area contributed by atoms with Crippen LogP contribution in [0.3, 0.4) is 0 Å². The van der Waals surface area contributed by atoms with Gasteiger partial charge in [-0.25, -0.2) is 0 Å². The topological polar surface area (TPSA) is 46.2 Å². The second-order valence-corrected chi connectivity index (χ2v) is 8.68. The molecule has 148 valence electrons. The average Bonchev–Trinajstić information content (AvgIpc) is 2.75. The van der Waals surface area contributed by atoms with E-state index in [9.17, 15) is 9.59 Å². The molecule has 0 aliphatic carbocycles. The summed E-state index contributed by atoms with van der Waals surface area (Å²) in [6.45, 7) is 5.90. The van der Waals surface area contributed by atoms with Gasteiger partial charge in [-0.1, -0.05) is 62.9 Å². The Labute approximate surface area is 176 Å². The van der Waals surface area contributed by atoms with Crippen LogP contribution in [0.5, 0.6) is 0 Å². The highest BCUT2D eigenvalue weighted by Gasteiger charge is 2.25. The van der Waals surface area contributed by atoms with Crippen LogP contribution in [-0.2, 0) is 4.79 Å². The maximum Gasteiger partial charge on any atom is 0.230 e. The molecule has 0 aromatic heterocycles. The predicted octanol–water partition coefficient (Wildman–Crippen LogP) is 6.44. The molecule has 0 heterocycles. The Morgan fingerprint density at radius 1 is 0.793 bits per heavy atom. The van der Waals surface area contributed by atoms with Crippen molar-refractivity contribution in [3.05, 3.63) is 90.0 Å². The average molecular weight is 404 g/mol. The molecule has 0 bridgehead atoms. The van der Waals surface area contributed by atoms with Gasteiger partial charge in [0.2, 0.25) is 5.91 Å². The molecule has 3 aromatic rings. The van der Waals surface area contributed by atoms with Crippen LogP contribution < -0.4 is 5.32 Å². The van der Waals surface area contributed by atoms with E-state index in [4.69, 9.17) is 0 Å². The van der Waals surface area contributed by atoms with E-state index in [0.29, 0.717) is 11.1 Å². The van der Waals surface area contributed by atoms with Crippen LogP contribution >= 0.6 is 11.8 Å². The number of amides is 1. The SMILES string of the molecule is CCC(C)(C)C(=O)Nc1ccc(Sc2ccc(C(=O)c3ccccc3)cc2)cc1. The molecule has 3 aromatic carbocycles. The number of hydrogen-bond acceptors (Lipinski definition) is 3. The first-order valence-electron chi connectivity index (χ1n) is 9.68. The zero-order valence-corrected chi connectivity index (χ0v) is 17.8. The summed E-state index contributed by atoms with van der Waals surface area (Å²) in [7, 11) is 0. The van der Waals surface area contributed by atoms with Gasteiger partial charge in [0.15, 0.2) is 5.78 Å². The summed E-state index contributed by atoms with van der Waals surface area (Å²) in [6.07, 6.45) is 0.787. The van der Waals surface area contributed by atoms with Gasteiger partial charge in [-0.2, -0.15) is 0 Å². The molecule has 0 aliphatic rings. The number of anilines is 1. The van der Waals surface area contributed by atoms with Gasteiger partial charge in [-0.15, -0.1) is 0 Å². The molecule has 0 spiro atoms. The summed E-state index contributed by atoms with van der Waals surface area (Å²) in [4.78, 5) is 26.9. The third-order valence-electron chi connectivity index (χ3n) is 5.00. The number of hydrogen-bond donors (Lipinski definition) is 1. The second-order valence-electron chi connectivity index (χ2n) is 7.54. The van der Waals surface area contributed by atoms with E-state index in [2.05, 4.69) is 5.32 Å². The number of carbonyl (C=O) groups is 2. The van der Waals surface area contributed by atoms with Crippen molar-refractivity contribution in [2.24, 2.45) is 5.41 Å². The zero-order chi connectivity index (χ0) is 20.9. The van der Waals surface area contributed by atoms with Gasteiger partial charge < -0.3 is 5.32 Å².